The van der Waals surface area contributed by atoms with Crippen LogP contribution in [-0.4, -0.2) is 54.6 Å². The summed E-state index contributed by atoms with van der Waals surface area (Å²) in [6.07, 6.45) is 4.11. The molecule has 0 spiro atoms. The quantitative estimate of drug-likeness (QED) is 0.783. The molecule has 0 amide bonds. The zero-order valence-electron chi connectivity index (χ0n) is 14.5. The van der Waals surface area contributed by atoms with Crippen LogP contribution in [0.15, 0.2) is 48.7 Å². The minimum Gasteiger partial charge on any atom is -0.487 e. The normalized spacial score (nSPS) is 16.2. The van der Waals surface area contributed by atoms with Crippen LogP contribution in [0.1, 0.15) is 17.7 Å². The van der Waals surface area contributed by atoms with Crippen molar-refractivity contribution in [3.63, 3.8) is 0 Å². The van der Waals surface area contributed by atoms with E-state index in [-0.39, 0.29) is 0 Å². The van der Waals surface area contributed by atoms with Crippen molar-refractivity contribution in [2.75, 3.05) is 39.8 Å². The Morgan fingerprint density at radius 2 is 1.92 bits per heavy atom. The molecule has 2 heterocycles. The Hall–Kier alpha value is -1.91. The van der Waals surface area contributed by atoms with E-state index < -0.39 is 0 Å². The van der Waals surface area contributed by atoms with Crippen LogP contribution in [0.3, 0.4) is 0 Å². The van der Waals surface area contributed by atoms with Crippen LogP contribution in [0, 0.1) is 0 Å². The molecule has 0 radical (unpaired) electrons. The molecule has 0 saturated carbocycles. The smallest absolute Gasteiger partial charge is 0.130 e. The van der Waals surface area contributed by atoms with Crippen molar-refractivity contribution >= 4 is 0 Å². The van der Waals surface area contributed by atoms with Gasteiger partial charge in [0, 0.05) is 32.4 Å². The van der Waals surface area contributed by atoms with E-state index in [0.717, 1.165) is 17.9 Å². The summed E-state index contributed by atoms with van der Waals surface area (Å²) in [6.45, 7) is 6.49. The van der Waals surface area contributed by atoms with Crippen LogP contribution in [-0.2, 0) is 13.0 Å². The molecule has 0 unspecified atom stereocenters. The van der Waals surface area contributed by atoms with Gasteiger partial charge in [0.1, 0.15) is 12.4 Å². The standard InChI is InChI=1S/C20H27N3O/c1-22-12-14-23(15-13-22)11-5-7-18-6-4-9-20(16-18)24-17-19-8-2-3-10-21-19/h2-4,6,8-10,16H,5,7,11-15,17H2,1H3. The predicted octanol–water partition coefficient (Wildman–Crippen LogP) is 2.84. The van der Waals surface area contributed by atoms with E-state index in [0.29, 0.717) is 6.61 Å². The predicted molar refractivity (Wildman–Crippen MR) is 97.3 cm³/mol. The Labute approximate surface area is 145 Å². The molecule has 1 fully saturated rings. The van der Waals surface area contributed by atoms with Crippen molar-refractivity contribution in [1.82, 2.24) is 14.8 Å². The number of pyridine rings is 1. The number of rotatable bonds is 7. The molecule has 4 heteroatoms. The maximum absolute atomic E-state index is 5.86. The zero-order valence-corrected chi connectivity index (χ0v) is 14.5. The van der Waals surface area contributed by atoms with Gasteiger partial charge < -0.3 is 14.5 Å². The van der Waals surface area contributed by atoms with Gasteiger partial charge in [0.15, 0.2) is 0 Å². The Morgan fingerprint density at radius 1 is 1.04 bits per heavy atom. The minimum atomic E-state index is 0.519. The van der Waals surface area contributed by atoms with Gasteiger partial charge >= 0.3 is 0 Å². The molecule has 0 N–H and O–H groups in total. The summed E-state index contributed by atoms with van der Waals surface area (Å²) in [5.41, 5.74) is 2.31. The van der Waals surface area contributed by atoms with Crippen LogP contribution in [0.25, 0.3) is 0 Å². The summed E-state index contributed by atoms with van der Waals surface area (Å²) in [5.74, 6) is 0.928. The van der Waals surface area contributed by atoms with Crippen LogP contribution >= 0.6 is 0 Å². The van der Waals surface area contributed by atoms with Crippen LogP contribution in [0.5, 0.6) is 5.75 Å². The fourth-order valence-electron chi connectivity index (χ4n) is 3.01. The largest absolute Gasteiger partial charge is 0.487 e. The molecule has 1 aromatic carbocycles. The van der Waals surface area contributed by atoms with Gasteiger partial charge in [0.2, 0.25) is 0 Å². The lowest BCUT2D eigenvalue weighted by Crippen LogP contribution is -2.44. The number of benzene rings is 1. The highest BCUT2D eigenvalue weighted by Gasteiger charge is 2.12. The SMILES string of the molecule is CN1CCN(CCCc2cccc(OCc3ccccn3)c2)CC1. The van der Waals surface area contributed by atoms with Gasteiger partial charge in [0.25, 0.3) is 0 Å². The molecular weight excluding hydrogens is 298 g/mol. The van der Waals surface area contributed by atoms with E-state index in [2.05, 4.69) is 40.0 Å². The lowest BCUT2D eigenvalue weighted by molar-refractivity contribution is 0.153. The maximum atomic E-state index is 5.86. The van der Waals surface area contributed by atoms with Gasteiger partial charge in [-0.25, -0.2) is 0 Å². The number of nitrogens with zero attached hydrogens (tertiary/aromatic N) is 3. The van der Waals surface area contributed by atoms with E-state index in [1.807, 2.05) is 24.3 Å². The van der Waals surface area contributed by atoms with Gasteiger partial charge in [0.05, 0.1) is 5.69 Å². The molecule has 4 nitrogen and oxygen atoms in total. The number of aryl methyl sites for hydroxylation is 1. The van der Waals surface area contributed by atoms with Gasteiger partial charge in [-0.1, -0.05) is 18.2 Å². The highest BCUT2D eigenvalue weighted by Crippen LogP contribution is 2.16. The minimum absolute atomic E-state index is 0.519. The number of hydrogen-bond acceptors (Lipinski definition) is 4. The second-order valence-corrected chi connectivity index (χ2v) is 6.51. The molecule has 0 atom stereocenters. The Balaban J connectivity index is 1.43. The van der Waals surface area contributed by atoms with Gasteiger partial charge in [-0.05, 0) is 56.3 Å². The summed E-state index contributed by atoms with van der Waals surface area (Å²) in [4.78, 5) is 9.26. The molecule has 24 heavy (non-hydrogen) atoms. The molecule has 0 aliphatic carbocycles. The lowest BCUT2D eigenvalue weighted by atomic mass is 10.1. The van der Waals surface area contributed by atoms with Crippen molar-refractivity contribution in [2.45, 2.75) is 19.4 Å². The van der Waals surface area contributed by atoms with E-state index in [9.17, 15) is 0 Å². The van der Waals surface area contributed by atoms with Crippen molar-refractivity contribution in [3.05, 3.63) is 59.9 Å². The van der Waals surface area contributed by atoms with Crippen LogP contribution in [0.2, 0.25) is 0 Å². The summed E-state index contributed by atoms with van der Waals surface area (Å²) < 4.78 is 5.86. The third-order valence-corrected chi connectivity index (χ3v) is 4.55. The molecule has 3 rings (SSSR count). The summed E-state index contributed by atoms with van der Waals surface area (Å²) in [7, 11) is 2.20. The second kappa shape index (κ2) is 8.81. The van der Waals surface area contributed by atoms with Crippen molar-refractivity contribution in [1.29, 1.82) is 0 Å². The Bertz CT molecular complexity index is 609. The first-order chi connectivity index (χ1) is 11.8. The van der Waals surface area contributed by atoms with E-state index >= 15 is 0 Å². The number of hydrogen-bond donors (Lipinski definition) is 0. The zero-order chi connectivity index (χ0) is 16.6. The molecule has 0 bridgehead atoms. The maximum Gasteiger partial charge on any atom is 0.130 e. The number of ether oxygens (including phenoxy) is 1. The number of likely N-dealkylation sites (N-methyl/N-ethyl adjacent to an activating group) is 1. The van der Waals surface area contributed by atoms with Crippen LogP contribution < -0.4 is 4.74 Å². The first-order valence-corrected chi connectivity index (χ1v) is 8.82. The molecule has 128 valence electrons. The van der Waals surface area contributed by atoms with E-state index in [1.165, 1.54) is 44.7 Å². The van der Waals surface area contributed by atoms with E-state index in [1.54, 1.807) is 6.20 Å². The van der Waals surface area contributed by atoms with Crippen molar-refractivity contribution in [2.24, 2.45) is 0 Å². The summed E-state index contributed by atoms with van der Waals surface area (Å²) in [5, 5.41) is 0. The molecular formula is C20H27N3O. The molecule has 2 aromatic rings. The van der Waals surface area contributed by atoms with Gasteiger partial charge in [-0.3, -0.25) is 4.98 Å². The number of piperazine rings is 1. The highest BCUT2D eigenvalue weighted by molar-refractivity contribution is 5.28. The fourth-order valence-corrected chi connectivity index (χ4v) is 3.01. The first kappa shape index (κ1) is 16.9. The lowest BCUT2D eigenvalue weighted by Gasteiger charge is -2.32. The third kappa shape index (κ3) is 5.32. The average molecular weight is 325 g/mol. The third-order valence-electron chi connectivity index (χ3n) is 4.55. The molecule has 1 aromatic heterocycles. The summed E-state index contributed by atoms with van der Waals surface area (Å²) in [6, 6.07) is 14.3. The Morgan fingerprint density at radius 3 is 2.71 bits per heavy atom. The van der Waals surface area contributed by atoms with Crippen molar-refractivity contribution in [3.8, 4) is 5.75 Å². The van der Waals surface area contributed by atoms with Crippen molar-refractivity contribution < 1.29 is 4.74 Å². The first-order valence-electron chi connectivity index (χ1n) is 8.82. The molecule has 1 aliphatic heterocycles. The summed E-state index contributed by atoms with van der Waals surface area (Å²) >= 11 is 0. The van der Waals surface area contributed by atoms with Gasteiger partial charge in [-0.2, -0.15) is 0 Å². The topological polar surface area (TPSA) is 28.6 Å². The fraction of sp³-hybridized carbons (Fsp3) is 0.450. The monoisotopic (exact) mass is 325 g/mol. The second-order valence-electron chi connectivity index (χ2n) is 6.51. The molecule has 1 aliphatic rings. The molecule has 1 saturated heterocycles. The highest BCUT2D eigenvalue weighted by atomic mass is 16.5. The average Bonchev–Trinajstić information content (AvgIpc) is 2.63. The van der Waals surface area contributed by atoms with Crippen LogP contribution in [0.4, 0.5) is 0 Å². The van der Waals surface area contributed by atoms with Gasteiger partial charge in [-0.15, -0.1) is 0 Å². The number of aromatic nitrogens is 1. The van der Waals surface area contributed by atoms with E-state index in [4.69, 9.17) is 4.74 Å². The Kier molecular flexibility index (Phi) is 6.21.